The first-order chi connectivity index (χ1) is 12.9. The van der Waals surface area contributed by atoms with Gasteiger partial charge in [-0.05, 0) is 48.7 Å². The molecule has 0 aliphatic carbocycles. The molecular formula is C21H23ClN2O3. The van der Waals surface area contributed by atoms with E-state index in [9.17, 15) is 14.7 Å². The number of amides is 1. The lowest BCUT2D eigenvalue weighted by Crippen LogP contribution is -2.41. The zero-order valence-corrected chi connectivity index (χ0v) is 15.9. The van der Waals surface area contributed by atoms with Crippen LogP contribution in [0.3, 0.4) is 0 Å². The Kier molecular flexibility index (Phi) is 5.82. The number of hydrogen-bond acceptors (Lipinski definition) is 4. The second-order valence-corrected chi connectivity index (χ2v) is 7.41. The fourth-order valence-corrected chi connectivity index (χ4v) is 3.59. The molecule has 142 valence electrons. The zero-order valence-electron chi connectivity index (χ0n) is 15.2. The van der Waals surface area contributed by atoms with Crippen LogP contribution in [0, 0.1) is 6.92 Å². The van der Waals surface area contributed by atoms with Gasteiger partial charge >= 0.3 is 0 Å². The molecule has 0 bridgehead atoms. The van der Waals surface area contributed by atoms with E-state index in [0.717, 1.165) is 5.56 Å². The molecule has 3 N–H and O–H groups in total. The normalized spacial score (nSPS) is 19.3. The number of hydrogen-bond donors (Lipinski definition) is 2. The first-order valence-corrected chi connectivity index (χ1v) is 9.36. The maximum absolute atomic E-state index is 13.0. The van der Waals surface area contributed by atoms with Crippen molar-refractivity contribution in [2.24, 2.45) is 0 Å². The molecule has 1 aliphatic rings. The molecule has 2 aromatic rings. The minimum atomic E-state index is -0.695. The number of halogens is 1. The molecule has 3 rings (SSSR count). The third-order valence-electron chi connectivity index (χ3n) is 5.09. The highest BCUT2D eigenvalue weighted by Crippen LogP contribution is 2.25. The molecule has 2 aromatic carbocycles. The van der Waals surface area contributed by atoms with E-state index >= 15 is 0 Å². The third kappa shape index (κ3) is 4.31. The maximum Gasteiger partial charge on any atom is 0.254 e. The number of aryl methyl sites for hydroxylation is 1. The van der Waals surface area contributed by atoms with Gasteiger partial charge in [0, 0.05) is 35.7 Å². The number of aliphatic hydroxyl groups is 1. The van der Waals surface area contributed by atoms with Gasteiger partial charge in [-0.2, -0.15) is 0 Å². The van der Waals surface area contributed by atoms with E-state index in [1.54, 1.807) is 37.3 Å². The standard InChI is InChI=1S/C21H23ClN2O3/c1-13-17(3-2-4-18(13)23)21(27)24-12-16(25)11-19(24)20(26)10-7-14-5-8-15(22)9-6-14/h2-6,8-9,16,19,25H,7,10-12,23H2,1H3/t16-,19+/m1/s1. The fraction of sp³-hybridized carbons (Fsp3) is 0.333. The number of aliphatic hydroxyl groups excluding tert-OH is 1. The summed E-state index contributed by atoms with van der Waals surface area (Å²) < 4.78 is 0. The molecule has 0 radical (unpaired) electrons. The number of carbonyl (C=O) groups is 2. The van der Waals surface area contributed by atoms with E-state index < -0.39 is 12.1 Å². The van der Waals surface area contributed by atoms with Gasteiger partial charge in [-0.1, -0.05) is 29.8 Å². The van der Waals surface area contributed by atoms with Gasteiger partial charge in [0.25, 0.3) is 5.91 Å². The summed E-state index contributed by atoms with van der Waals surface area (Å²) in [6, 6.07) is 11.9. The highest BCUT2D eigenvalue weighted by molar-refractivity contribution is 6.30. The van der Waals surface area contributed by atoms with Gasteiger partial charge in [0.15, 0.2) is 5.78 Å². The maximum atomic E-state index is 13.0. The molecular weight excluding hydrogens is 364 g/mol. The van der Waals surface area contributed by atoms with E-state index in [-0.39, 0.29) is 24.7 Å². The Morgan fingerprint density at radius 1 is 1.22 bits per heavy atom. The summed E-state index contributed by atoms with van der Waals surface area (Å²) in [4.78, 5) is 27.2. The number of nitrogens with two attached hydrogens (primary N) is 1. The van der Waals surface area contributed by atoms with Crippen molar-refractivity contribution in [3.05, 3.63) is 64.2 Å². The van der Waals surface area contributed by atoms with Crippen molar-refractivity contribution < 1.29 is 14.7 Å². The minimum Gasteiger partial charge on any atom is -0.398 e. The Bertz CT molecular complexity index is 851. The first-order valence-electron chi connectivity index (χ1n) is 8.98. The lowest BCUT2D eigenvalue weighted by atomic mass is 10.0. The number of β-amino-alcohol motifs (C(OH)–C–C–N with tert-alkyl or cyclic N) is 1. The molecule has 6 heteroatoms. The molecule has 1 aliphatic heterocycles. The van der Waals surface area contributed by atoms with Gasteiger partial charge in [-0.15, -0.1) is 0 Å². The molecule has 1 amide bonds. The molecule has 0 aromatic heterocycles. The van der Waals surface area contributed by atoms with E-state index in [0.29, 0.717) is 34.7 Å². The molecule has 1 heterocycles. The van der Waals surface area contributed by atoms with Gasteiger partial charge in [0.2, 0.25) is 0 Å². The average Bonchev–Trinajstić information content (AvgIpc) is 3.04. The number of nitrogens with zero attached hydrogens (tertiary/aromatic N) is 1. The zero-order chi connectivity index (χ0) is 19.6. The van der Waals surface area contributed by atoms with Crippen LogP contribution in [-0.4, -0.2) is 40.4 Å². The van der Waals surface area contributed by atoms with Crippen molar-refractivity contribution in [1.82, 2.24) is 4.90 Å². The summed E-state index contributed by atoms with van der Waals surface area (Å²) in [7, 11) is 0. The second kappa shape index (κ2) is 8.11. The van der Waals surface area contributed by atoms with Crippen LogP contribution in [0.25, 0.3) is 0 Å². The monoisotopic (exact) mass is 386 g/mol. The van der Waals surface area contributed by atoms with Crippen LogP contribution < -0.4 is 5.73 Å². The van der Waals surface area contributed by atoms with Crippen molar-refractivity contribution in [2.75, 3.05) is 12.3 Å². The molecule has 27 heavy (non-hydrogen) atoms. The fourth-order valence-electron chi connectivity index (χ4n) is 3.47. The van der Waals surface area contributed by atoms with Crippen LogP contribution >= 0.6 is 11.6 Å². The minimum absolute atomic E-state index is 0.0450. The Hall–Kier alpha value is -2.37. The van der Waals surface area contributed by atoms with Crippen LogP contribution in [0.5, 0.6) is 0 Å². The number of ketones is 1. The first kappa shape index (κ1) is 19.4. The van der Waals surface area contributed by atoms with Crippen LogP contribution in [0.2, 0.25) is 5.02 Å². The highest BCUT2D eigenvalue weighted by atomic mass is 35.5. The number of benzene rings is 2. The number of carbonyl (C=O) groups excluding carboxylic acids is 2. The molecule has 1 fully saturated rings. The van der Waals surface area contributed by atoms with Crippen LogP contribution in [0.4, 0.5) is 5.69 Å². The number of nitrogen functional groups attached to an aromatic ring is 1. The largest absolute Gasteiger partial charge is 0.398 e. The summed E-state index contributed by atoms with van der Waals surface area (Å²) in [5.41, 5.74) is 8.61. The predicted molar refractivity (Wildman–Crippen MR) is 106 cm³/mol. The highest BCUT2D eigenvalue weighted by Gasteiger charge is 2.39. The van der Waals surface area contributed by atoms with E-state index in [1.807, 2.05) is 12.1 Å². The van der Waals surface area contributed by atoms with Gasteiger partial charge in [-0.25, -0.2) is 0 Å². The predicted octanol–water partition coefficient (Wildman–Crippen LogP) is 3.01. The lowest BCUT2D eigenvalue weighted by molar-refractivity contribution is -0.122. The Morgan fingerprint density at radius 3 is 2.63 bits per heavy atom. The Labute approximate surface area is 163 Å². The molecule has 2 atom stereocenters. The van der Waals surface area contributed by atoms with Gasteiger partial charge < -0.3 is 15.7 Å². The van der Waals surface area contributed by atoms with Crippen molar-refractivity contribution in [3.8, 4) is 0 Å². The van der Waals surface area contributed by atoms with E-state index in [2.05, 4.69) is 0 Å². The van der Waals surface area contributed by atoms with Gasteiger partial charge in [0.1, 0.15) is 0 Å². The van der Waals surface area contributed by atoms with E-state index in [4.69, 9.17) is 17.3 Å². The second-order valence-electron chi connectivity index (χ2n) is 6.98. The quantitative estimate of drug-likeness (QED) is 0.774. The van der Waals surface area contributed by atoms with Crippen molar-refractivity contribution in [1.29, 1.82) is 0 Å². The Balaban J connectivity index is 1.73. The van der Waals surface area contributed by atoms with Crippen LogP contribution in [-0.2, 0) is 11.2 Å². The summed E-state index contributed by atoms with van der Waals surface area (Å²) in [5, 5.41) is 10.7. The van der Waals surface area contributed by atoms with Crippen molar-refractivity contribution in [3.63, 3.8) is 0 Å². The van der Waals surface area contributed by atoms with Crippen LogP contribution in [0.1, 0.15) is 34.3 Å². The van der Waals surface area contributed by atoms with Crippen molar-refractivity contribution in [2.45, 2.75) is 38.3 Å². The number of anilines is 1. The summed E-state index contributed by atoms with van der Waals surface area (Å²) >= 11 is 5.88. The molecule has 1 saturated heterocycles. The lowest BCUT2D eigenvalue weighted by Gasteiger charge is -2.24. The summed E-state index contributed by atoms with van der Waals surface area (Å²) in [6.45, 7) is 1.94. The smallest absolute Gasteiger partial charge is 0.254 e. The summed E-state index contributed by atoms with van der Waals surface area (Å²) in [6.07, 6.45) is 0.451. The Morgan fingerprint density at radius 2 is 1.93 bits per heavy atom. The SMILES string of the molecule is Cc1c(N)cccc1C(=O)N1C[C@H](O)C[C@H]1C(=O)CCc1ccc(Cl)cc1. The summed E-state index contributed by atoms with van der Waals surface area (Å²) in [5.74, 6) is -0.308. The number of likely N-dealkylation sites (tertiary alicyclic amines) is 1. The molecule has 0 spiro atoms. The molecule has 5 nitrogen and oxygen atoms in total. The topological polar surface area (TPSA) is 83.6 Å². The van der Waals surface area contributed by atoms with Gasteiger partial charge in [0.05, 0.1) is 12.1 Å². The third-order valence-corrected chi connectivity index (χ3v) is 5.34. The van der Waals surface area contributed by atoms with Crippen LogP contribution in [0.15, 0.2) is 42.5 Å². The molecule has 0 saturated carbocycles. The number of Topliss-reactive ketones (excluding diaryl/α,β-unsaturated/α-hetero) is 1. The molecule has 0 unspecified atom stereocenters. The average molecular weight is 387 g/mol. The van der Waals surface area contributed by atoms with E-state index in [1.165, 1.54) is 4.90 Å². The van der Waals surface area contributed by atoms with Gasteiger partial charge in [-0.3, -0.25) is 9.59 Å². The number of rotatable bonds is 5. The van der Waals surface area contributed by atoms with Crippen molar-refractivity contribution >= 4 is 29.0 Å².